The van der Waals surface area contributed by atoms with Gasteiger partial charge in [0.05, 0.1) is 18.7 Å². The molecule has 0 bridgehead atoms. The van der Waals surface area contributed by atoms with Crippen LogP contribution in [-0.4, -0.2) is 24.2 Å². The van der Waals surface area contributed by atoms with Gasteiger partial charge in [-0.3, -0.25) is 0 Å². The Hall–Kier alpha value is -2.11. The lowest BCUT2D eigenvalue weighted by molar-refractivity contribution is 0.102. The van der Waals surface area contributed by atoms with Crippen molar-refractivity contribution >= 4 is 11.6 Å². The first-order valence-corrected chi connectivity index (χ1v) is 6.98. The SMILES string of the molecule is OC(c1ccc(Cl)cc1)C(Cn1ccnc1)n1ccnc1. The first kappa shape index (κ1) is 13.9. The van der Waals surface area contributed by atoms with Gasteiger partial charge in [0.2, 0.25) is 0 Å². The molecule has 0 aliphatic carbocycles. The molecule has 0 saturated carbocycles. The number of benzene rings is 1. The third kappa shape index (κ3) is 3.15. The topological polar surface area (TPSA) is 55.9 Å². The maximum Gasteiger partial charge on any atom is 0.101 e. The van der Waals surface area contributed by atoms with Gasteiger partial charge in [-0.15, -0.1) is 0 Å². The Morgan fingerprint density at radius 2 is 1.76 bits per heavy atom. The van der Waals surface area contributed by atoms with Crippen LogP contribution in [0.15, 0.2) is 61.7 Å². The molecule has 6 heteroatoms. The summed E-state index contributed by atoms with van der Waals surface area (Å²) in [4.78, 5) is 8.11. The van der Waals surface area contributed by atoms with Crippen LogP contribution in [-0.2, 0) is 6.54 Å². The Labute approximate surface area is 127 Å². The van der Waals surface area contributed by atoms with E-state index in [1.807, 2.05) is 33.7 Å². The van der Waals surface area contributed by atoms with Crippen molar-refractivity contribution in [3.05, 3.63) is 72.3 Å². The molecule has 0 spiro atoms. The predicted octanol–water partition coefficient (Wildman–Crippen LogP) is 2.71. The molecule has 1 aromatic carbocycles. The van der Waals surface area contributed by atoms with E-state index in [1.54, 1.807) is 37.2 Å². The zero-order valence-corrected chi connectivity index (χ0v) is 12.0. The van der Waals surface area contributed by atoms with Gasteiger partial charge >= 0.3 is 0 Å². The van der Waals surface area contributed by atoms with Crippen LogP contribution in [0.1, 0.15) is 17.7 Å². The second kappa shape index (κ2) is 6.11. The van der Waals surface area contributed by atoms with E-state index >= 15 is 0 Å². The Kier molecular flexibility index (Phi) is 4.03. The lowest BCUT2D eigenvalue weighted by Crippen LogP contribution is -2.21. The van der Waals surface area contributed by atoms with E-state index in [2.05, 4.69) is 9.97 Å². The fourth-order valence-corrected chi connectivity index (χ4v) is 2.44. The average Bonchev–Trinajstić information content (AvgIpc) is 3.18. The Morgan fingerprint density at radius 1 is 1.05 bits per heavy atom. The van der Waals surface area contributed by atoms with Gasteiger partial charge in [0.25, 0.3) is 0 Å². The average molecular weight is 303 g/mol. The summed E-state index contributed by atoms with van der Waals surface area (Å²) in [6, 6.07) is 7.06. The predicted molar refractivity (Wildman–Crippen MR) is 79.9 cm³/mol. The maximum atomic E-state index is 10.7. The van der Waals surface area contributed by atoms with Gasteiger partial charge in [-0.05, 0) is 17.7 Å². The second-order valence-electron chi connectivity index (χ2n) is 4.83. The van der Waals surface area contributed by atoms with Crippen LogP contribution in [0.5, 0.6) is 0 Å². The Morgan fingerprint density at radius 3 is 2.38 bits per heavy atom. The number of nitrogens with zero attached hydrogens (tertiary/aromatic N) is 4. The van der Waals surface area contributed by atoms with Crippen LogP contribution in [0, 0.1) is 0 Å². The molecule has 0 aliphatic heterocycles. The van der Waals surface area contributed by atoms with Crippen molar-refractivity contribution in [3.63, 3.8) is 0 Å². The van der Waals surface area contributed by atoms with Crippen molar-refractivity contribution in [2.24, 2.45) is 0 Å². The van der Waals surface area contributed by atoms with Gasteiger partial charge in [0.1, 0.15) is 6.10 Å². The molecule has 3 aromatic rings. The third-order valence-corrected chi connectivity index (χ3v) is 3.69. The minimum absolute atomic E-state index is 0.178. The summed E-state index contributed by atoms with van der Waals surface area (Å²) < 4.78 is 3.84. The number of hydrogen-bond donors (Lipinski definition) is 1. The number of rotatable bonds is 5. The highest BCUT2D eigenvalue weighted by atomic mass is 35.5. The second-order valence-corrected chi connectivity index (χ2v) is 5.27. The van der Waals surface area contributed by atoms with Crippen molar-refractivity contribution in [2.45, 2.75) is 18.7 Å². The molecule has 3 rings (SSSR count). The molecule has 5 nitrogen and oxygen atoms in total. The van der Waals surface area contributed by atoms with Crippen LogP contribution in [0.2, 0.25) is 5.02 Å². The highest BCUT2D eigenvalue weighted by Gasteiger charge is 2.22. The zero-order valence-electron chi connectivity index (χ0n) is 11.2. The number of aliphatic hydroxyl groups is 1. The van der Waals surface area contributed by atoms with Crippen molar-refractivity contribution < 1.29 is 5.11 Å². The largest absolute Gasteiger partial charge is 0.386 e. The summed E-state index contributed by atoms with van der Waals surface area (Å²) in [5.74, 6) is 0. The number of hydrogen-bond acceptors (Lipinski definition) is 3. The standard InChI is InChI=1S/C15H15ClN4O/c16-13-3-1-12(2-4-13)15(21)14(20-8-6-18-11-20)9-19-7-5-17-10-19/h1-8,10-11,14-15,21H,9H2. The molecule has 2 unspecified atom stereocenters. The van der Waals surface area contributed by atoms with Gasteiger partial charge < -0.3 is 14.2 Å². The maximum absolute atomic E-state index is 10.7. The number of halogens is 1. The normalized spacial score (nSPS) is 14.0. The lowest BCUT2D eigenvalue weighted by atomic mass is 10.0. The molecule has 21 heavy (non-hydrogen) atoms. The number of imidazole rings is 2. The molecule has 2 atom stereocenters. The molecule has 0 saturated heterocycles. The van der Waals surface area contributed by atoms with Crippen molar-refractivity contribution in [1.82, 2.24) is 19.1 Å². The van der Waals surface area contributed by atoms with E-state index in [-0.39, 0.29) is 6.04 Å². The van der Waals surface area contributed by atoms with E-state index in [4.69, 9.17) is 11.6 Å². The minimum atomic E-state index is -0.668. The smallest absolute Gasteiger partial charge is 0.101 e. The molecule has 1 N–H and O–H groups in total. The Bertz CT molecular complexity index is 664. The quantitative estimate of drug-likeness (QED) is 0.788. The van der Waals surface area contributed by atoms with Gasteiger partial charge in [-0.2, -0.15) is 0 Å². The van der Waals surface area contributed by atoms with Crippen molar-refractivity contribution in [2.75, 3.05) is 0 Å². The molecule has 0 radical (unpaired) electrons. The molecule has 0 amide bonds. The van der Waals surface area contributed by atoms with Crippen LogP contribution in [0.25, 0.3) is 0 Å². The first-order valence-electron chi connectivity index (χ1n) is 6.61. The van der Waals surface area contributed by atoms with Crippen LogP contribution in [0.3, 0.4) is 0 Å². The van der Waals surface area contributed by atoms with Gasteiger partial charge in [-0.1, -0.05) is 23.7 Å². The summed E-state index contributed by atoms with van der Waals surface area (Å²) in [6.07, 6.45) is 9.92. The van der Waals surface area contributed by atoms with Crippen LogP contribution < -0.4 is 0 Å². The van der Waals surface area contributed by atoms with E-state index in [0.29, 0.717) is 11.6 Å². The molecular formula is C15H15ClN4O. The molecular weight excluding hydrogens is 288 g/mol. The highest BCUT2D eigenvalue weighted by molar-refractivity contribution is 6.30. The van der Waals surface area contributed by atoms with E-state index in [1.165, 1.54) is 0 Å². The molecule has 2 aromatic heterocycles. The summed E-state index contributed by atoms with van der Waals surface area (Å²) in [7, 11) is 0. The highest BCUT2D eigenvalue weighted by Crippen LogP contribution is 2.28. The fraction of sp³-hybridized carbons (Fsp3) is 0.200. The summed E-state index contributed by atoms with van der Waals surface area (Å²) in [5, 5.41) is 11.4. The molecule has 0 fully saturated rings. The third-order valence-electron chi connectivity index (χ3n) is 3.44. The number of aromatic nitrogens is 4. The molecule has 108 valence electrons. The lowest BCUT2D eigenvalue weighted by Gasteiger charge is -2.25. The van der Waals surface area contributed by atoms with Gasteiger partial charge in [0.15, 0.2) is 0 Å². The van der Waals surface area contributed by atoms with E-state index in [0.717, 1.165) is 5.56 Å². The van der Waals surface area contributed by atoms with Gasteiger partial charge in [-0.25, -0.2) is 9.97 Å². The summed E-state index contributed by atoms with van der Waals surface area (Å²) >= 11 is 5.90. The molecule has 0 aliphatic rings. The Balaban J connectivity index is 1.89. The first-order chi connectivity index (χ1) is 10.2. The van der Waals surface area contributed by atoms with Crippen molar-refractivity contribution in [1.29, 1.82) is 0 Å². The zero-order chi connectivity index (χ0) is 14.7. The fourth-order valence-electron chi connectivity index (χ4n) is 2.32. The number of aliphatic hydroxyl groups excluding tert-OH is 1. The summed E-state index contributed by atoms with van der Waals surface area (Å²) in [5.41, 5.74) is 0.818. The van der Waals surface area contributed by atoms with Gasteiger partial charge in [0, 0.05) is 36.4 Å². The van der Waals surface area contributed by atoms with E-state index in [9.17, 15) is 5.11 Å². The van der Waals surface area contributed by atoms with Crippen LogP contribution in [0.4, 0.5) is 0 Å². The minimum Gasteiger partial charge on any atom is -0.386 e. The monoisotopic (exact) mass is 302 g/mol. The molecule has 2 heterocycles. The van der Waals surface area contributed by atoms with Crippen molar-refractivity contribution in [3.8, 4) is 0 Å². The summed E-state index contributed by atoms with van der Waals surface area (Å²) in [6.45, 7) is 0.597. The van der Waals surface area contributed by atoms with Crippen LogP contribution >= 0.6 is 11.6 Å². The van der Waals surface area contributed by atoms with E-state index < -0.39 is 6.10 Å².